The molecule has 0 spiro atoms. The Morgan fingerprint density at radius 1 is 0.415 bits per heavy atom. The molecule has 0 bridgehead atoms. The molecule has 2 aromatic carbocycles. The SMILES string of the molecule is CCCCCCCCC/C=C/CC[N+](CC/C=C/CCCCCCCCC)(Cc1ccccc1)Cc1ccccc1. The normalized spacial score (nSPS) is 12.1. The van der Waals surface area contributed by atoms with E-state index in [-0.39, 0.29) is 0 Å². The van der Waals surface area contributed by atoms with E-state index in [0.717, 1.165) is 30.4 Å². The summed E-state index contributed by atoms with van der Waals surface area (Å²) in [6.07, 6.45) is 34.2. The summed E-state index contributed by atoms with van der Waals surface area (Å²) < 4.78 is 1.12. The Hall–Kier alpha value is -2.12. The van der Waals surface area contributed by atoms with Gasteiger partial charge < -0.3 is 4.48 Å². The molecular formula is C40H64N+. The summed E-state index contributed by atoms with van der Waals surface area (Å²) in [6.45, 7) is 9.20. The molecule has 0 aliphatic rings. The molecule has 0 saturated carbocycles. The minimum atomic E-state index is 1.10. The van der Waals surface area contributed by atoms with Gasteiger partial charge in [0.25, 0.3) is 0 Å². The van der Waals surface area contributed by atoms with Gasteiger partial charge in [-0.15, -0.1) is 0 Å². The lowest BCUT2D eigenvalue weighted by molar-refractivity contribution is -0.953. The maximum absolute atomic E-state index is 2.48. The molecule has 0 aromatic heterocycles. The Kier molecular flexibility index (Phi) is 20.9. The standard InChI is InChI=1S/C40H64N/c1-3-5-7-9-11-13-15-17-19-21-29-35-41(37-39-31-25-23-26-32-39,38-40-33-27-24-28-34-40)36-30-22-20-18-16-14-12-10-8-6-4-2/h19-28,31-34H,3-18,29-30,35-38H2,1-2H3/q+1/b21-19+,22-20+. The van der Waals surface area contributed by atoms with Crippen LogP contribution < -0.4 is 0 Å². The number of rotatable bonds is 26. The zero-order valence-electron chi connectivity index (χ0n) is 27.1. The fraction of sp³-hybridized carbons (Fsp3) is 0.600. The first kappa shape index (κ1) is 35.1. The van der Waals surface area contributed by atoms with E-state index >= 15 is 0 Å². The maximum atomic E-state index is 2.48. The Morgan fingerprint density at radius 2 is 0.756 bits per heavy atom. The lowest BCUT2D eigenvalue weighted by atomic mass is 10.1. The predicted molar refractivity (Wildman–Crippen MR) is 183 cm³/mol. The first-order valence-corrected chi connectivity index (χ1v) is 17.5. The van der Waals surface area contributed by atoms with Crippen molar-refractivity contribution in [3.05, 3.63) is 96.1 Å². The fourth-order valence-corrected chi connectivity index (χ4v) is 6.03. The van der Waals surface area contributed by atoms with Crippen molar-refractivity contribution in [1.82, 2.24) is 0 Å². The molecular weight excluding hydrogens is 494 g/mol. The second-order valence-corrected chi connectivity index (χ2v) is 12.4. The van der Waals surface area contributed by atoms with Gasteiger partial charge in [0.05, 0.1) is 13.1 Å². The number of hydrogen-bond acceptors (Lipinski definition) is 0. The average Bonchev–Trinajstić information content (AvgIpc) is 3.00. The van der Waals surface area contributed by atoms with Gasteiger partial charge in [0, 0.05) is 24.0 Å². The smallest absolute Gasteiger partial charge is 0.105 e. The van der Waals surface area contributed by atoms with E-state index in [1.54, 1.807) is 0 Å². The second-order valence-electron chi connectivity index (χ2n) is 12.4. The van der Waals surface area contributed by atoms with Crippen LogP contribution in [0.5, 0.6) is 0 Å². The molecule has 1 heteroatoms. The van der Waals surface area contributed by atoms with Crippen LogP contribution in [0.4, 0.5) is 0 Å². The van der Waals surface area contributed by atoms with Crippen LogP contribution in [0.2, 0.25) is 0 Å². The van der Waals surface area contributed by atoms with Crippen molar-refractivity contribution < 1.29 is 4.48 Å². The fourth-order valence-electron chi connectivity index (χ4n) is 6.03. The zero-order chi connectivity index (χ0) is 29.1. The van der Waals surface area contributed by atoms with Crippen LogP contribution in [0.1, 0.15) is 141 Å². The summed E-state index contributed by atoms with van der Waals surface area (Å²) in [5, 5.41) is 0. The minimum Gasteiger partial charge on any atom is -0.316 e. The van der Waals surface area contributed by atoms with Gasteiger partial charge in [-0.25, -0.2) is 0 Å². The average molecular weight is 559 g/mol. The van der Waals surface area contributed by atoms with Crippen molar-refractivity contribution in [3.8, 4) is 0 Å². The third-order valence-electron chi connectivity index (χ3n) is 8.54. The lowest BCUT2D eigenvalue weighted by Crippen LogP contribution is -2.47. The molecule has 0 atom stereocenters. The van der Waals surface area contributed by atoms with Crippen molar-refractivity contribution in [2.24, 2.45) is 0 Å². The molecule has 1 nitrogen and oxygen atoms in total. The van der Waals surface area contributed by atoms with Crippen molar-refractivity contribution >= 4 is 0 Å². The topological polar surface area (TPSA) is 0 Å². The van der Waals surface area contributed by atoms with Crippen molar-refractivity contribution in [1.29, 1.82) is 0 Å². The second kappa shape index (κ2) is 24.5. The predicted octanol–water partition coefficient (Wildman–Crippen LogP) is 12.4. The van der Waals surface area contributed by atoms with E-state index in [0.29, 0.717) is 0 Å². The van der Waals surface area contributed by atoms with Crippen LogP contribution in [-0.2, 0) is 13.1 Å². The molecule has 41 heavy (non-hydrogen) atoms. The van der Waals surface area contributed by atoms with Crippen LogP contribution in [-0.4, -0.2) is 17.6 Å². The lowest BCUT2D eigenvalue weighted by Gasteiger charge is -2.39. The van der Waals surface area contributed by atoms with Crippen LogP contribution in [0, 0.1) is 0 Å². The van der Waals surface area contributed by atoms with E-state index in [2.05, 4.69) is 98.8 Å². The van der Waals surface area contributed by atoms with Gasteiger partial charge in [-0.3, -0.25) is 0 Å². The molecule has 2 rings (SSSR count). The number of allylic oxidation sites excluding steroid dienone is 2. The van der Waals surface area contributed by atoms with Crippen molar-refractivity contribution in [2.75, 3.05) is 13.1 Å². The van der Waals surface area contributed by atoms with Gasteiger partial charge in [0.2, 0.25) is 0 Å². The Labute approximate surface area is 255 Å². The molecule has 0 saturated heterocycles. The van der Waals surface area contributed by atoms with Gasteiger partial charge >= 0.3 is 0 Å². The number of hydrogen-bond donors (Lipinski definition) is 0. The molecule has 0 N–H and O–H groups in total. The molecule has 0 unspecified atom stereocenters. The summed E-state index contributed by atoms with van der Waals surface area (Å²) in [6, 6.07) is 22.4. The van der Waals surface area contributed by atoms with Gasteiger partial charge in [-0.2, -0.15) is 0 Å². The monoisotopic (exact) mass is 559 g/mol. The third kappa shape index (κ3) is 18.1. The number of quaternary nitrogens is 1. The Morgan fingerprint density at radius 3 is 1.15 bits per heavy atom. The molecule has 2 aromatic rings. The van der Waals surface area contributed by atoms with Gasteiger partial charge in [0.15, 0.2) is 0 Å². The summed E-state index contributed by atoms with van der Waals surface area (Å²) >= 11 is 0. The molecule has 228 valence electrons. The Balaban J connectivity index is 1.92. The number of benzene rings is 2. The van der Waals surface area contributed by atoms with E-state index < -0.39 is 0 Å². The summed E-state index contributed by atoms with van der Waals surface area (Å²) in [4.78, 5) is 0. The molecule has 0 heterocycles. The molecule has 0 amide bonds. The highest BCUT2D eigenvalue weighted by atomic mass is 15.3. The van der Waals surface area contributed by atoms with Crippen molar-refractivity contribution in [3.63, 3.8) is 0 Å². The van der Waals surface area contributed by atoms with Crippen LogP contribution in [0.3, 0.4) is 0 Å². The summed E-state index contributed by atoms with van der Waals surface area (Å²) in [7, 11) is 0. The van der Waals surface area contributed by atoms with E-state index in [9.17, 15) is 0 Å². The highest BCUT2D eigenvalue weighted by molar-refractivity contribution is 5.15. The molecule has 0 aliphatic heterocycles. The molecule has 0 radical (unpaired) electrons. The third-order valence-corrected chi connectivity index (χ3v) is 8.54. The summed E-state index contributed by atoms with van der Waals surface area (Å²) in [5.41, 5.74) is 2.92. The van der Waals surface area contributed by atoms with E-state index in [4.69, 9.17) is 0 Å². The summed E-state index contributed by atoms with van der Waals surface area (Å²) in [5.74, 6) is 0. The van der Waals surface area contributed by atoms with Crippen LogP contribution in [0.25, 0.3) is 0 Å². The highest BCUT2D eigenvalue weighted by Crippen LogP contribution is 2.23. The minimum absolute atomic E-state index is 1.10. The van der Waals surface area contributed by atoms with Crippen LogP contribution in [0.15, 0.2) is 85.0 Å². The van der Waals surface area contributed by atoms with E-state index in [1.807, 2.05) is 0 Å². The van der Waals surface area contributed by atoms with Gasteiger partial charge in [-0.05, 0) is 25.7 Å². The van der Waals surface area contributed by atoms with Crippen molar-refractivity contribution in [2.45, 2.75) is 143 Å². The Bertz CT molecular complexity index is 806. The first-order valence-electron chi connectivity index (χ1n) is 17.5. The quantitative estimate of drug-likeness (QED) is 0.0612. The molecule has 0 fully saturated rings. The number of nitrogens with zero attached hydrogens (tertiary/aromatic N) is 1. The largest absolute Gasteiger partial charge is 0.316 e. The van der Waals surface area contributed by atoms with Crippen LogP contribution >= 0.6 is 0 Å². The van der Waals surface area contributed by atoms with Gasteiger partial charge in [-0.1, -0.05) is 176 Å². The van der Waals surface area contributed by atoms with E-state index in [1.165, 1.54) is 127 Å². The maximum Gasteiger partial charge on any atom is 0.105 e. The van der Waals surface area contributed by atoms with Gasteiger partial charge in [0.1, 0.15) is 13.1 Å². The zero-order valence-corrected chi connectivity index (χ0v) is 27.1. The first-order chi connectivity index (χ1) is 20.3. The number of unbranched alkanes of at least 4 members (excludes halogenated alkanes) is 14. The molecule has 0 aliphatic carbocycles. The highest BCUT2D eigenvalue weighted by Gasteiger charge is 2.27.